The lowest BCUT2D eigenvalue weighted by Crippen LogP contribution is -2.05. The van der Waals surface area contributed by atoms with Gasteiger partial charge in [0, 0.05) is 30.0 Å². The molecule has 0 aliphatic rings. The van der Waals surface area contributed by atoms with Gasteiger partial charge in [0.2, 0.25) is 5.82 Å². The zero-order chi connectivity index (χ0) is 20.7. The lowest BCUT2D eigenvalue weighted by molar-refractivity contribution is -0.387. The van der Waals surface area contributed by atoms with Crippen molar-refractivity contribution in [1.29, 1.82) is 0 Å². The third kappa shape index (κ3) is 6.28. The molecule has 0 aliphatic heterocycles. The number of hydrogen-bond donors (Lipinski definition) is 0. The van der Waals surface area contributed by atoms with Gasteiger partial charge in [0.05, 0.1) is 4.92 Å². The van der Waals surface area contributed by atoms with Crippen LogP contribution in [0.4, 0.5) is 23.2 Å². The van der Waals surface area contributed by atoms with E-state index in [4.69, 9.17) is 0 Å². The van der Waals surface area contributed by atoms with Gasteiger partial charge >= 0.3 is 5.69 Å². The second-order valence-corrected chi connectivity index (χ2v) is 5.57. The maximum absolute atomic E-state index is 13.3. The molecule has 0 atom stereocenters. The van der Waals surface area contributed by atoms with E-state index in [9.17, 15) is 37.3 Å². The largest absolute Gasteiger partial charge is 0.305 e. The Labute approximate surface area is 151 Å². The number of carbonyl (C=O) groups excluding carboxylic acids is 2. The van der Waals surface area contributed by atoms with Gasteiger partial charge < -0.3 is 0 Å². The van der Waals surface area contributed by atoms with E-state index in [0.29, 0.717) is 0 Å². The molecular weight excluding hydrogens is 370 g/mol. The van der Waals surface area contributed by atoms with Crippen LogP contribution in [-0.2, 0) is 22.4 Å². The first-order valence-electron chi connectivity index (χ1n) is 7.57. The summed E-state index contributed by atoms with van der Waals surface area (Å²) in [5.41, 5.74) is -1.53. The minimum absolute atomic E-state index is 0.148. The van der Waals surface area contributed by atoms with E-state index in [1.165, 1.54) is 13.0 Å². The summed E-state index contributed by atoms with van der Waals surface area (Å²) >= 11 is 0. The van der Waals surface area contributed by atoms with E-state index < -0.39 is 51.6 Å². The Morgan fingerprint density at radius 2 is 1.30 bits per heavy atom. The molecule has 2 rings (SSSR count). The zero-order valence-electron chi connectivity index (χ0n) is 14.4. The van der Waals surface area contributed by atoms with Gasteiger partial charge in [-0.05, 0) is 32.0 Å². The second kappa shape index (κ2) is 9.56. The summed E-state index contributed by atoms with van der Waals surface area (Å²) in [5, 5.41) is 10.3. The summed E-state index contributed by atoms with van der Waals surface area (Å²) in [7, 11) is 0. The fraction of sp³-hybridized carbons (Fsp3) is 0.222. The molecule has 0 radical (unpaired) electrons. The van der Waals surface area contributed by atoms with Crippen molar-refractivity contribution < 1.29 is 32.1 Å². The van der Waals surface area contributed by atoms with Gasteiger partial charge in [-0.1, -0.05) is 6.07 Å². The van der Waals surface area contributed by atoms with Gasteiger partial charge in [-0.3, -0.25) is 19.7 Å². The molecule has 5 nitrogen and oxygen atoms in total. The Bertz CT molecular complexity index is 864. The van der Waals surface area contributed by atoms with E-state index in [-0.39, 0.29) is 17.8 Å². The van der Waals surface area contributed by atoms with Crippen LogP contribution < -0.4 is 0 Å². The van der Waals surface area contributed by atoms with Crippen LogP contribution in [0.15, 0.2) is 30.3 Å². The first-order chi connectivity index (χ1) is 12.5. The van der Waals surface area contributed by atoms with Crippen LogP contribution in [0.1, 0.15) is 25.0 Å². The lowest BCUT2D eigenvalue weighted by atomic mass is 10.1. The summed E-state index contributed by atoms with van der Waals surface area (Å²) in [6.45, 7) is 2.45. The Balaban J connectivity index is 0.000000277. The molecule has 27 heavy (non-hydrogen) atoms. The summed E-state index contributed by atoms with van der Waals surface area (Å²) in [6, 6.07) is 5.06. The van der Waals surface area contributed by atoms with E-state index in [1.54, 1.807) is 0 Å². The molecule has 0 bridgehead atoms. The molecule has 2 aromatic carbocycles. The van der Waals surface area contributed by atoms with E-state index >= 15 is 0 Å². The number of carbonyl (C=O) groups is 2. The molecule has 0 saturated carbocycles. The molecule has 0 aliphatic carbocycles. The number of Topliss-reactive ketones (excluding diaryl/α,β-unsaturated/α-hetero) is 2. The monoisotopic (exact) mass is 385 g/mol. The summed E-state index contributed by atoms with van der Waals surface area (Å²) in [4.78, 5) is 30.6. The van der Waals surface area contributed by atoms with Crippen molar-refractivity contribution >= 4 is 17.3 Å². The molecule has 0 unspecified atom stereocenters. The molecule has 0 spiro atoms. The van der Waals surface area contributed by atoms with Crippen molar-refractivity contribution in [2.75, 3.05) is 0 Å². The Kier molecular flexibility index (Phi) is 7.77. The molecule has 144 valence electrons. The van der Waals surface area contributed by atoms with Crippen molar-refractivity contribution in [1.82, 2.24) is 0 Å². The average Bonchev–Trinajstić information content (AvgIpc) is 2.55. The molecule has 2 aromatic rings. The van der Waals surface area contributed by atoms with Crippen LogP contribution in [0.5, 0.6) is 0 Å². The van der Waals surface area contributed by atoms with Crippen molar-refractivity contribution in [3.05, 3.63) is 74.8 Å². The van der Waals surface area contributed by atoms with Gasteiger partial charge in [0.15, 0.2) is 0 Å². The van der Waals surface area contributed by atoms with Crippen molar-refractivity contribution in [3.8, 4) is 0 Å². The highest BCUT2D eigenvalue weighted by molar-refractivity contribution is 5.78. The molecule has 9 heteroatoms. The minimum atomic E-state index is -1.28. The molecule has 0 N–H and O–H groups in total. The van der Waals surface area contributed by atoms with Crippen LogP contribution in [0.25, 0.3) is 0 Å². The second-order valence-electron chi connectivity index (χ2n) is 5.57. The maximum atomic E-state index is 13.3. The lowest BCUT2D eigenvalue weighted by Gasteiger charge is -2.02. The van der Waals surface area contributed by atoms with Crippen molar-refractivity contribution in [2.24, 2.45) is 0 Å². The SMILES string of the molecule is CC(=O)Cc1c(F)ccc([N+](=O)[O-])c1F.CC(=O)Cc1c(F)cccc1F. The van der Waals surface area contributed by atoms with Crippen LogP contribution >= 0.6 is 0 Å². The Morgan fingerprint density at radius 1 is 0.852 bits per heavy atom. The predicted octanol–water partition coefficient (Wildman–Crippen LogP) is 4.10. The quantitative estimate of drug-likeness (QED) is 0.441. The molecule has 0 amide bonds. The third-order valence-corrected chi connectivity index (χ3v) is 3.28. The summed E-state index contributed by atoms with van der Waals surface area (Å²) in [5.74, 6) is -4.27. The minimum Gasteiger partial charge on any atom is -0.300 e. The number of nitro groups is 1. The molecule has 0 fully saturated rings. The highest BCUT2D eigenvalue weighted by Gasteiger charge is 2.21. The molecular formula is C18H15F4NO4. The van der Waals surface area contributed by atoms with E-state index in [2.05, 4.69) is 0 Å². The van der Waals surface area contributed by atoms with Gasteiger partial charge in [0.25, 0.3) is 0 Å². The molecule has 0 aromatic heterocycles. The first kappa shape index (κ1) is 21.9. The highest BCUT2D eigenvalue weighted by atomic mass is 19.1. The number of nitrogens with zero attached hydrogens (tertiary/aromatic N) is 1. The molecule has 0 saturated heterocycles. The number of ketones is 2. The van der Waals surface area contributed by atoms with Crippen molar-refractivity contribution in [2.45, 2.75) is 26.7 Å². The van der Waals surface area contributed by atoms with Crippen LogP contribution in [0.3, 0.4) is 0 Å². The first-order valence-corrected chi connectivity index (χ1v) is 7.57. The number of benzene rings is 2. The maximum Gasteiger partial charge on any atom is 0.305 e. The summed E-state index contributed by atoms with van der Waals surface area (Å²) in [6.07, 6.45) is -0.669. The fourth-order valence-electron chi connectivity index (χ4n) is 2.09. The normalized spacial score (nSPS) is 10.0. The number of hydrogen-bond acceptors (Lipinski definition) is 4. The van der Waals surface area contributed by atoms with Crippen molar-refractivity contribution in [3.63, 3.8) is 0 Å². The van der Waals surface area contributed by atoms with Gasteiger partial charge in [-0.15, -0.1) is 0 Å². The number of nitro benzene ring substituents is 1. The Morgan fingerprint density at radius 3 is 1.74 bits per heavy atom. The van der Waals surface area contributed by atoms with Crippen LogP contribution in [-0.4, -0.2) is 16.5 Å². The standard InChI is InChI=1S/C9H7F2NO3.C9H8F2O/c1-5(13)4-6-7(10)2-3-8(9(6)11)12(14)15;1-6(12)5-7-8(10)3-2-4-9(7)11/h2-3H,4H2,1H3;2-4H,5H2,1H3. The average molecular weight is 385 g/mol. The van der Waals surface area contributed by atoms with Crippen LogP contribution in [0.2, 0.25) is 0 Å². The highest BCUT2D eigenvalue weighted by Crippen LogP contribution is 2.23. The number of rotatable bonds is 5. The fourth-order valence-corrected chi connectivity index (χ4v) is 2.09. The third-order valence-electron chi connectivity index (χ3n) is 3.28. The zero-order valence-corrected chi connectivity index (χ0v) is 14.4. The topological polar surface area (TPSA) is 77.3 Å². The van der Waals surface area contributed by atoms with Gasteiger partial charge in [-0.25, -0.2) is 13.2 Å². The van der Waals surface area contributed by atoms with Gasteiger partial charge in [0.1, 0.15) is 29.0 Å². The number of halogens is 4. The van der Waals surface area contributed by atoms with E-state index in [1.807, 2.05) is 0 Å². The van der Waals surface area contributed by atoms with Crippen LogP contribution in [0, 0.1) is 33.4 Å². The summed E-state index contributed by atoms with van der Waals surface area (Å²) < 4.78 is 52.0. The van der Waals surface area contributed by atoms with Gasteiger partial charge in [-0.2, -0.15) is 4.39 Å². The van der Waals surface area contributed by atoms with E-state index in [0.717, 1.165) is 31.2 Å². The smallest absolute Gasteiger partial charge is 0.300 e. The molecule has 0 heterocycles. The Hall–Kier alpha value is -3.10. The predicted molar refractivity (Wildman–Crippen MR) is 88.1 cm³/mol.